The maximum absolute atomic E-state index is 11.5. The molecular weight excluding hydrogens is 232 g/mol. The van der Waals surface area contributed by atoms with Crippen LogP contribution < -0.4 is 16.4 Å². The predicted molar refractivity (Wildman–Crippen MR) is 70.4 cm³/mol. The minimum atomic E-state index is -0.252. The molecule has 0 atom stereocenters. The Morgan fingerprint density at radius 3 is 2.78 bits per heavy atom. The number of nitrogens with zero attached hydrogens (tertiary/aromatic N) is 1. The summed E-state index contributed by atoms with van der Waals surface area (Å²) in [5, 5.41) is 5.71. The SMILES string of the molecule is CC(C)(C)NC(N)=NCCNC(=O)c1ccco1. The van der Waals surface area contributed by atoms with Crippen molar-refractivity contribution in [2.45, 2.75) is 26.3 Å². The van der Waals surface area contributed by atoms with Crippen molar-refractivity contribution < 1.29 is 9.21 Å². The first-order valence-electron chi connectivity index (χ1n) is 5.78. The summed E-state index contributed by atoms with van der Waals surface area (Å²) in [6.45, 7) is 6.81. The van der Waals surface area contributed by atoms with Gasteiger partial charge in [0.2, 0.25) is 0 Å². The van der Waals surface area contributed by atoms with E-state index in [0.29, 0.717) is 24.8 Å². The van der Waals surface area contributed by atoms with Crippen molar-refractivity contribution in [3.8, 4) is 0 Å². The van der Waals surface area contributed by atoms with Crippen LogP contribution in [0.2, 0.25) is 0 Å². The number of amides is 1. The smallest absolute Gasteiger partial charge is 0.287 e. The molecule has 0 aliphatic heterocycles. The lowest BCUT2D eigenvalue weighted by molar-refractivity contribution is 0.0927. The van der Waals surface area contributed by atoms with Crippen LogP contribution in [0.25, 0.3) is 0 Å². The van der Waals surface area contributed by atoms with Gasteiger partial charge < -0.3 is 20.8 Å². The number of carbonyl (C=O) groups is 1. The number of rotatable bonds is 4. The predicted octanol–water partition coefficient (Wildman–Crippen LogP) is 0.712. The third-order valence-electron chi connectivity index (χ3n) is 1.93. The molecule has 1 aromatic rings. The van der Waals surface area contributed by atoms with Gasteiger partial charge >= 0.3 is 0 Å². The summed E-state index contributed by atoms with van der Waals surface area (Å²) in [5.41, 5.74) is 5.56. The van der Waals surface area contributed by atoms with E-state index >= 15 is 0 Å². The second-order valence-corrected chi connectivity index (χ2v) is 4.88. The van der Waals surface area contributed by atoms with Crippen LogP contribution in [0.3, 0.4) is 0 Å². The molecule has 1 heterocycles. The number of nitrogens with one attached hydrogen (secondary N) is 2. The van der Waals surface area contributed by atoms with Crippen molar-refractivity contribution in [3.05, 3.63) is 24.2 Å². The zero-order chi connectivity index (χ0) is 13.6. The van der Waals surface area contributed by atoms with E-state index in [2.05, 4.69) is 15.6 Å². The lowest BCUT2D eigenvalue weighted by atomic mass is 10.1. The molecule has 1 aromatic heterocycles. The Morgan fingerprint density at radius 1 is 1.50 bits per heavy atom. The molecule has 0 radical (unpaired) electrons. The summed E-state index contributed by atoms with van der Waals surface area (Å²) < 4.78 is 4.95. The largest absolute Gasteiger partial charge is 0.459 e. The van der Waals surface area contributed by atoms with Crippen LogP contribution >= 0.6 is 0 Å². The molecule has 0 saturated heterocycles. The van der Waals surface area contributed by atoms with Gasteiger partial charge in [0.05, 0.1) is 12.8 Å². The Hall–Kier alpha value is -1.98. The maximum atomic E-state index is 11.5. The number of nitrogens with two attached hydrogens (primary N) is 1. The first-order valence-corrected chi connectivity index (χ1v) is 5.78. The van der Waals surface area contributed by atoms with Crippen LogP contribution in [0.15, 0.2) is 27.8 Å². The fraction of sp³-hybridized carbons (Fsp3) is 0.500. The Kier molecular flexibility index (Phi) is 4.76. The lowest BCUT2D eigenvalue weighted by Crippen LogP contribution is -2.45. The molecule has 6 nitrogen and oxygen atoms in total. The summed E-state index contributed by atoms with van der Waals surface area (Å²) in [6, 6.07) is 3.27. The molecule has 1 rings (SSSR count). The van der Waals surface area contributed by atoms with E-state index in [9.17, 15) is 4.79 Å². The highest BCUT2D eigenvalue weighted by Crippen LogP contribution is 1.98. The van der Waals surface area contributed by atoms with E-state index in [1.807, 2.05) is 20.8 Å². The average molecular weight is 252 g/mol. The van der Waals surface area contributed by atoms with Crippen molar-refractivity contribution in [1.82, 2.24) is 10.6 Å². The van der Waals surface area contributed by atoms with E-state index in [1.165, 1.54) is 6.26 Å². The molecule has 0 aliphatic carbocycles. The topological polar surface area (TPSA) is 92.6 Å². The van der Waals surface area contributed by atoms with Gasteiger partial charge in [0.1, 0.15) is 0 Å². The Bertz CT molecular complexity index is 404. The second-order valence-electron chi connectivity index (χ2n) is 4.88. The van der Waals surface area contributed by atoms with Gasteiger partial charge in [-0.05, 0) is 32.9 Å². The monoisotopic (exact) mass is 252 g/mol. The summed E-state index contributed by atoms with van der Waals surface area (Å²) in [5.74, 6) is 0.409. The molecule has 0 unspecified atom stereocenters. The number of hydrogen-bond donors (Lipinski definition) is 3. The fourth-order valence-corrected chi connectivity index (χ4v) is 1.26. The molecule has 18 heavy (non-hydrogen) atoms. The van der Waals surface area contributed by atoms with Gasteiger partial charge in [-0.2, -0.15) is 0 Å². The Morgan fingerprint density at radius 2 is 2.22 bits per heavy atom. The number of carbonyl (C=O) groups excluding carboxylic acids is 1. The minimum Gasteiger partial charge on any atom is -0.459 e. The number of hydrogen-bond acceptors (Lipinski definition) is 3. The normalized spacial score (nSPS) is 12.3. The van der Waals surface area contributed by atoms with Gasteiger partial charge in [-0.25, -0.2) is 0 Å². The maximum Gasteiger partial charge on any atom is 0.287 e. The number of aliphatic imine (C=N–C) groups is 1. The summed E-state index contributed by atoms with van der Waals surface area (Å²) in [6.07, 6.45) is 1.46. The van der Waals surface area contributed by atoms with Crippen LogP contribution in [0.5, 0.6) is 0 Å². The van der Waals surface area contributed by atoms with Gasteiger partial charge in [0, 0.05) is 12.1 Å². The Balaban J connectivity index is 2.26. The first-order chi connectivity index (χ1) is 8.38. The van der Waals surface area contributed by atoms with Crippen LogP contribution in [-0.2, 0) is 0 Å². The summed E-state index contributed by atoms with van der Waals surface area (Å²) in [7, 11) is 0. The molecule has 0 spiro atoms. The van der Waals surface area contributed by atoms with Gasteiger partial charge in [0.15, 0.2) is 11.7 Å². The van der Waals surface area contributed by atoms with Gasteiger partial charge in [0.25, 0.3) is 5.91 Å². The standard InChI is InChI=1S/C12H20N4O2/c1-12(2,3)16-11(13)15-7-6-14-10(17)9-5-4-8-18-9/h4-5,8H,6-7H2,1-3H3,(H,14,17)(H3,13,15,16). The summed E-state index contributed by atoms with van der Waals surface area (Å²) >= 11 is 0. The molecule has 0 bridgehead atoms. The average Bonchev–Trinajstić information content (AvgIpc) is 2.74. The molecule has 0 fully saturated rings. The highest BCUT2D eigenvalue weighted by molar-refractivity contribution is 5.91. The van der Waals surface area contributed by atoms with Crippen LogP contribution in [-0.4, -0.2) is 30.5 Å². The zero-order valence-electron chi connectivity index (χ0n) is 11.0. The van der Waals surface area contributed by atoms with E-state index in [1.54, 1.807) is 12.1 Å². The van der Waals surface area contributed by atoms with Gasteiger partial charge in [-0.1, -0.05) is 0 Å². The molecule has 0 aromatic carbocycles. The number of furan rings is 1. The van der Waals surface area contributed by atoms with Gasteiger partial charge in [-0.3, -0.25) is 9.79 Å². The highest BCUT2D eigenvalue weighted by atomic mass is 16.3. The first kappa shape index (κ1) is 14.1. The zero-order valence-corrected chi connectivity index (χ0v) is 11.0. The summed E-state index contributed by atoms with van der Waals surface area (Å²) in [4.78, 5) is 15.6. The number of guanidine groups is 1. The molecule has 4 N–H and O–H groups in total. The van der Waals surface area contributed by atoms with Crippen molar-refractivity contribution >= 4 is 11.9 Å². The third-order valence-corrected chi connectivity index (χ3v) is 1.93. The third kappa shape index (κ3) is 5.38. The van der Waals surface area contributed by atoms with Gasteiger partial charge in [-0.15, -0.1) is 0 Å². The van der Waals surface area contributed by atoms with Crippen LogP contribution in [0.4, 0.5) is 0 Å². The molecule has 1 amide bonds. The van der Waals surface area contributed by atoms with E-state index in [-0.39, 0.29) is 11.4 Å². The second kappa shape index (κ2) is 6.09. The highest BCUT2D eigenvalue weighted by Gasteiger charge is 2.09. The molecule has 100 valence electrons. The van der Waals surface area contributed by atoms with E-state index in [0.717, 1.165) is 0 Å². The van der Waals surface area contributed by atoms with Crippen molar-refractivity contribution in [1.29, 1.82) is 0 Å². The molecule has 0 aliphatic rings. The van der Waals surface area contributed by atoms with E-state index in [4.69, 9.17) is 10.2 Å². The quantitative estimate of drug-likeness (QED) is 0.418. The molecule has 6 heteroatoms. The van der Waals surface area contributed by atoms with Crippen molar-refractivity contribution in [3.63, 3.8) is 0 Å². The van der Waals surface area contributed by atoms with E-state index < -0.39 is 0 Å². The Labute approximate surface area is 107 Å². The van der Waals surface area contributed by atoms with Crippen LogP contribution in [0.1, 0.15) is 31.3 Å². The fourth-order valence-electron chi connectivity index (χ4n) is 1.26. The minimum absolute atomic E-state index is 0.120. The molecule has 0 saturated carbocycles. The van der Waals surface area contributed by atoms with Crippen molar-refractivity contribution in [2.24, 2.45) is 10.7 Å². The van der Waals surface area contributed by atoms with Crippen LogP contribution in [0, 0.1) is 0 Å². The van der Waals surface area contributed by atoms with Crippen molar-refractivity contribution in [2.75, 3.05) is 13.1 Å². The molecular formula is C12H20N4O2. The lowest BCUT2D eigenvalue weighted by Gasteiger charge is -2.20.